The van der Waals surface area contributed by atoms with E-state index in [1.165, 1.54) is 11.2 Å². The number of hydrogen-bond donors (Lipinski definition) is 2. The summed E-state index contributed by atoms with van der Waals surface area (Å²) in [7, 11) is 3.80. The second kappa shape index (κ2) is 15.9. The zero-order chi connectivity index (χ0) is 34.1. The summed E-state index contributed by atoms with van der Waals surface area (Å²) in [4.78, 5) is 32.2. The van der Waals surface area contributed by atoms with Crippen molar-refractivity contribution >= 4 is 28.8 Å². The molecule has 2 N–H and O–H groups in total. The van der Waals surface area contributed by atoms with Gasteiger partial charge in [0.15, 0.2) is 5.82 Å². The van der Waals surface area contributed by atoms with Crippen LogP contribution in [-0.4, -0.2) is 99.5 Å². The van der Waals surface area contributed by atoms with Crippen LogP contribution in [0, 0.1) is 6.92 Å². The molecule has 0 bridgehead atoms. The van der Waals surface area contributed by atoms with Crippen molar-refractivity contribution in [1.29, 1.82) is 0 Å². The van der Waals surface area contributed by atoms with E-state index in [0.29, 0.717) is 18.6 Å². The van der Waals surface area contributed by atoms with E-state index in [2.05, 4.69) is 46.5 Å². The van der Waals surface area contributed by atoms with E-state index in [1.54, 1.807) is 7.11 Å². The smallest absolute Gasteiger partial charge is 0.475 e. The molecule has 4 rings (SSSR count). The lowest BCUT2D eigenvalue weighted by Crippen LogP contribution is -2.33. The van der Waals surface area contributed by atoms with Crippen LogP contribution in [0.25, 0.3) is 11.0 Å². The summed E-state index contributed by atoms with van der Waals surface area (Å²) in [6.45, 7) is 10.7. The molecule has 0 saturated carbocycles. The highest BCUT2D eigenvalue weighted by Gasteiger charge is 2.39. The summed E-state index contributed by atoms with van der Waals surface area (Å²) >= 11 is 0. The van der Waals surface area contributed by atoms with Gasteiger partial charge in [0.05, 0.1) is 24.1 Å². The largest absolute Gasteiger partial charge is 0.490 e. The molecule has 12 nitrogen and oxygen atoms in total. The second-order valence-corrected chi connectivity index (χ2v) is 10.5. The molecule has 252 valence electrons. The number of fused-ring (bicyclic) bond motifs is 1. The maximum atomic E-state index is 10.6. The molecule has 0 spiro atoms. The van der Waals surface area contributed by atoms with Crippen molar-refractivity contribution in [3.8, 4) is 0 Å². The first-order valence-corrected chi connectivity index (χ1v) is 13.7. The first-order chi connectivity index (χ1) is 20.8. The van der Waals surface area contributed by atoms with Crippen LogP contribution in [0.3, 0.4) is 0 Å². The van der Waals surface area contributed by atoms with Gasteiger partial charge in [-0.15, -0.1) is 0 Å². The summed E-state index contributed by atoms with van der Waals surface area (Å²) in [6.07, 6.45) is -6.05. The number of nitrogens with zero attached hydrogens (tertiary/aromatic N) is 6. The van der Waals surface area contributed by atoms with Crippen molar-refractivity contribution in [3.63, 3.8) is 0 Å². The van der Waals surface area contributed by atoms with Crippen LogP contribution in [0.15, 0.2) is 23.0 Å². The summed E-state index contributed by atoms with van der Waals surface area (Å²) in [6, 6.07) is 4.64. The quantitative estimate of drug-likeness (QED) is 0.315. The Morgan fingerprint density at radius 1 is 1.09 bits per heavy atom. The molecule has 0 aliphatic carbocycles. The van der Waals surface area contributed by atoms with E-state index in [9.17, 15) is 26.3 Å². The van der Waals surface area contributed by atoms with Gasteiger partial charge in [0, 0.05) is 51.0 Å². The zero-order valence-electron chi connectivity index (χ0n) is 25.3. The Morgan fingerprint density at radius 3 is 2.09 bits per heavy atom. The van der Waals surface area contributed by atoms with E-state index in [-0.39, 0.29) is 0 Å². The first-order valence-electron chi connectivity index (χ1n) is 13.7. The molecule has 1 aliphatic heterocycles. The Bertz CT molecular complexity index is 1380. The molecular weight excluding hydrogens is 618 g/mol. The van der Waals surface area contributed by atoms with Crippen molar-refractivity contribution in [2.24, 2.45) is 0 Å². The van der Waals surface area contributed by atoms with Gasteiger partial charge in [-0.3, -0.25) is 4.90 Å². The van der Waals surface area contributed by atoms with Crippen molar-refractivity contribution in [2.75, 3.05) is 45.3 Å². The fraction of sp³-hybridized carbons (Fsp3) is 0.593. The third-order valence-corrected chi connectivity index (χ3v) is 6.67. The maximum absolute atomic E-state index is 10.6. The number of likely N-dealkylation sites (tertiary alicyclic amines) is 1. The van der Waals surface area contributed by atoms with Crippen LogP contribution < -0.4 is 4.90 Å². The van der Waals surface area contributed by atoms with Crippen LogP contribution in [0.5, 0.6) is 0 Å². The minimum atomic E-state index is -5.08. The average molecular weight is 655 g/mol. The SMILES string of the molecule is COCCN(C)c1nc(C2CCN(Cc3cc(C)on3)CC2)cc2c1ncn2C(C)C.O=C(O)C(F)(F)F.O=C(O)C(F)(F)F. The number of pyridine rings is 1. The second-order valence-electron chi connectivity index (χ2n) is 10.5. The molecular formula is C27H36F6N6O6. The highest BCUT2D eigenvalue weighted by molar-refractivity contribution is 5.87. The lowest BCUT2D eigenvalue weighted by Gasteiger charge is -2.31. The van der Waals surface area contributed by atoms with Gasteiger partial charge in [0.25, 0.3) is 0 Å². The van der Waals surface area contributed by atoms with Crippen molar-refractivity contribution in [2.45, 2.75) is 64.5 Å². The third kappa shape index (κ3) is 11.2. The van der Waals surface area contributed by atoms with E-state index in [0.717, 1.165) is 61.8 Å². The number of piperidine rings is 1. The molecule has 0 radical (unpaired) electrons. The number of methoxy groups -OCH3 is 1. The lowest BCUT2D eigenvalue weighted by molar-refractivity contribution is -0.193. The average Bonchev–Trinajstić information content (AvgIpc) is 3.57. The van der Waals surface area contributed by atoms with Gasteiger partial charge in [0.2, 0.25) is 0 Å². The predicted molar refractivity (Wildman–Crippen MR) is 149 cm³/mol. The Hall–Kier alpha value is -3.93. The molecule has 45 heavy (non-hydrogen) atoms. The number of carbonyl (C=O) groups is 2. The van der Waals surface area contributed by atoms with Crippen molar-refractivity contribution < 1.29 is 55.4 Å². The van der Waals surface area contributed by atoms with Gasteiger partial charge in [0.1, 0.15) is 11.3 Å². The van der Waals surface area contributed by atoms with Crippen LogP contribution in [0.1, 0.15) is 55.8 Å². The normalized spacial score (nSPS) is 14.5. The summed E-state index contributed by atoms with van der Waals surface area (Å²) < 4.78 is 76.2. The molecule has 4 heterocycles. The molecule has 0 atom stereocenters. The summed E-state index contributed by atoms with van der Waals surface area (Å²) in [5.41, 5.74) is 4.32. The number of ether oxygens (including phenoxy) is 1. The van der Waals surface area contributed by atoms with Crippen LogP contribution in [-0.2, 0) is 20.9 Å². The number of aromatic nitrogens is 4. The Labute approximate surface area is 254 Å². The molecule has 3 aromatic rings. The lowest BCUT2D eigenvalue weighted by atomic mass is 9.92. The highest BCUT2D eigenvalue weighted by atomic mass is 19.4. The zero-order valence-corrected chi connectivity index (χ0v) is 25.3. The topological polar surface area (TPSA) is 147 Å². The maximum Gasteiger partial charge on any atom is 0.490 e. The van der Waals surface area contributed by atoms with Gasteiger partial charge in [-0.1, -0.05) is 5.16 Å². The number of aliphatic carboxylic acids is 2. The van der Waals surface area contributed by atoms with Crippen molar-refractivity contribution in [3.05, 3.63) is 35.6 Å². The van der Waals surface area contributed by atoms with Crippen LogP contribution in [0.2, 0.25) is 0 Å². The number of alkyl halides is 6. The predicted octanol–water partition coefficient (Wildman–Crippen LogP) is 5.04. The Balaban J connectivity index is 0.000000421. The Kier molecular flexibility index (Phi) is 13.1. The molecule has 0 unspecified atom stereocenters. The molecule has 3 aromatic heterocycles. The Morgan fingerprint density at radius 2 is 1.64 bits per heavy atom. The van der Waals surface area contributed by atoms with Gasteiger partial charge in [-0.2, -0.15) is 26.3 Å². The highest BCUT2D eigenvalue weighted by Crippen LogP contribution is 2.33. The molecule has 1 aliphatic rings. The number of carboxylic acid groups (broad SMARTS) is 2. The van der Waals surface area contributed by atoms with E-state index >= 15 is 0 Å². The monoisotopic (exact) mass is 654 g/mol. The summed E-state index contributed by atoms with van der Waals surface area (Å²) in [5.74, 6) is -3.25. The van der Waals surface area contributed by atoms with E-state index in [1.807, 2.05) is 19.3 Å². The third-order valence-electron chi connectivity index (χ3n) is 6.67. The standard InChI is InChI=1S/C23H34N6O2.2C2HF3O2/c1-16(2)29-15-24-22-21(29)13-20(25-23(22)27(4)10-11-30-5)18-6-8-28(9-7-18)14-19-12-17(3)31-26-19;2*3-2(4,5)1(6)7/h12-13,15-16,18H,6-11,14H2,1-5H3;2*(H,6,7). The molecule has 0 aromatic carbocycles. The fourth-order valence-corrected chi connectivity index (χ4v) is 4.36. The van der Waals surface area contributed by atoms with Crippen LogP contribution in [0.4, 0.5) is 32.2 Å². The minimum Gasteiger partial charge on any atom is -0.475 e. The number of hydrogen-bond acceptors (Lipinski definition) is 9. The van der Waals surface area contributed by atoms with Gasteiger partial charge in [-0.05, 0) is 52.8 Å². The molecule has 1 fully saturated rings. The van der Waals surface area contributed by atoms with Gasteiger partial charge < -0.3 is 28.9 Å². The fourth-order valence-electron chi connectivity index (χ4n) is 4.36. The molecule has 18 heteroatoms. The first kappa shape index (κ1) is 37.3. The number of aryl methyl sites for hydroxylation is 1. The number of imidazole rings is 1. The van der Waals surface area contributed by atoms with Crippen LogP contribution >= 0.6 is 0 Å². The van der Waals surface area contributed by atoms with E-state index in [4.69, 9.17) is 39.0 Å². The number of carboxylic acids is 2. The van der Waals surface area contributed by atoms with Crippen molar-refractivity contribution in [1.82, 2.24) is 24.6 Å². The van der Waals surface area contributed by atoms with E-state index < -0.39 is 24.3 Å². The minimum absolute atomic E-state index is 0.352. The number of likely N-dealkylation sites (N-methyl/N-ethyl adjacent to an activating group) is 1. The summed E-state index contributed by atoms with van der Waals surface area (Å²) in [5, 5.41) is 18.4. The number of halogens is 6. The number of rotatable bonds is 8. The van der Waals surface area contributed by atoms with Gasteiger partial charge in [-0.25, -0.2) is 19.6 Å². The van der Waals surface area contributed by atoms with Gasteiger partial charge >= 0.3 is 24.3 Å². The number of anilines is 1. The molecule has 1 saturated heterocycles. The molecule has 0 amide bonds.